The second-order valence-corrected chi connectivity index (χ2v) is 14.6. The van der Waals surface area contributed by atoms with Crippen molar-refractivity contribution in [3.63, 3.8) is 0 Å². The van der Waals surface area contributed by atoms with Gasteiger partial charge in [-0.05, 0) is 80.9 Å². The van der Waals surface area contributed by atoms with Crippen LogP contribution in [0.15, 0.2) is 164 Å². The Labute approximate surface area is 301 Å². The standard InChI is InChI=1S/C49H33N3/c1-49(2)41-20-10-7-16-34(41)35-24-23-32(28-42(35)49)47-39-19-8-11-21-43(39)50-48(51-47)38-25-26-45(36-17-6-5-15-33(36)38)52-44-22-12-9-18-37(44)40-27-30-13-3-4-14-31(30)29-46(40)52/h3-29H,1-2H3. The Hall–Kier alpha value is -6.58. The first-order chi connectivity index (χ1) is 25.5. The fraction of sp³-hybridized carbons (Fsp3) is 0.0612. The van der Waals surface area contributed by atoms with Crippen LogP contribution in [0.2, 0.25) is 0 Å². The molecule has 8 aromatic carbocycles. The molecular weight excluding hydrogens is 631 g/mol. The summed E-state index contributed by atoms with van der Waals surface area (Å²) in [4.78, 5) is 10.6. The molecule has 3 heteroatoms. The Bertz CT molecular complexity index is 3110. The lowest BCUT2D eigenvalue weighted by atomic mass is 9.82. The zero-order chi connectivity index (χ0) is 34.6. The van der Waals surface area contributed by atoms with Gasteiger partial charge in [0.2, 0.25) is 0 Å². The summed E-state index contributed by atoms with van der Waals surface area (Å²) in [5.41, 5.74) is 12.8. The molecule has 0 unspecified atom stereocenters. The molecule has 52 heavy (non-hydrogen) atoms. The van der Waals surface area contributed by atoms with Crippen molar-refractivity contribution in [3.8, 4) is 39.5 Å². The summed E-state index contributed by atoms with van der Waals surface area (Å²) in [6.07, 6.45) is 0. The molecule has 2 aromatic heterocycles. The molecule has 0 saturated heterocycles. The topological polar surface area (TPSA) is 30.7 Å². The Balaban J connectivity index is 1.13. The Morgan fingerprint density at radius 3 is 1.96 bits per heavy atom. The van der Waals surface area contributed by atoms with Crippen LogP contribution in [-0.2, 0) is 5.41 Å². The van der Waals surface area contributed by atoms with Crippen molar-refractivity contribution >= 4 is 54.3 Å². The smallest absolute Gasteiger partial charge is 0.161 e. The van der Waals surface area contributed by atoms with Crippen molar-refractivity contribution in [2.45, 2.75) is 19.3 Å². The minimum atomic E-state index is -0.0985. The number of nitrogens with zero attached hydrogens (tertiary/aromatic N) is 3. The molecule has 10 aromatic rings. The molecule has 11 rings (SSSR count). The number of fused-ring (bicyclic) bond motifs is 9. The minimum absolute atomic E-state index is 0.0985. The molecule has 244 valence electrons. The van der Waals surface area contributed by atoms with Crippen LogP contribution >= 0.6 is 0 Å². The van der Waals surface area contributed by atoms with Gasteiger partial charge in [-0.3, -0.25) is 0 Å². The average Bonchev–Trinajstić information content (AvgIpc) is 3.63. The summed E-state index contributed by atoms with van der Waals surface area (Å²) < 4.78 is 2.43. The third kappa shape index (κ3) is 4.08. The molecule has 1 aliphatic carbocycles. The van der Waals surface area contributed by atoms with Gasteiger partial charge < -0.3 is 4.57 Å². The quantitative estimate of drug-likeness (QED) is 0.188. The first kappa shape index (κ1) is 29.2. The van der Waals surface area contributed by atoms with E-state index in [4.69, 9.17) is 9.97 Å². The first-order valence-corrected chi connectivity index (χ1v) is 18.0. The second kappa shape index (κ2) is 10.7. The lowest BCUT2D eigenvalue weighted by molar-refractivity contribution is 0.660. The van der Waals surface area contributed by atoms with Gasteiger partial charge in [-0.15, -0.1) is 0 Å². The van der Waals surface area contributed by atoms with E-state index >= 15 is 0 Å². The highest BCUT2D eigenvalue weighted by Crippen LogP contribution is 2.50. The highest BCUT2D eigenvalue weighted by Gasteiger charge is 2.35. The molecule has 0 saturated carbocycles. The highest BCUT2D eigenvalue weighted by molar-refractivity contribution is 6.15. The maximum absolute atomic E-state index is 5.42. The van der Waals surface area contributed by atoms with Crippen LogP contribution in [0.4, 0.5) is 0 Å². The summed E-state index contributed by atoms with van der Waals surface area (Å²) >= 11 is 0. The van der Waals surface area contributed by atoms with Crippen molar-refractivity contribution in [1.82, 2.24) is 14.5 Å². The molecule has 0 radical (unpaired) electrons. The number of aromatic nitrogens is 3. The van der Waals surface area contributed by atoms with Gasteiger partial charge in [0.25, 0.3) is 0 Å². The minimum Gasteiger partial charge on any atom is -0.309 e. The zero-order valence-electron chi connectivity index (χ0n) is 28.9. The van der Waals surface area contributed by atoms with Gasteiger partial charge in [0.05, 0.1) is 27.9 Å². The highest BCUT2D eigenvalue weighted by atomic mass is 15.0. The summed E-state index contributed by atoms with van der Waals surface area (Å²) in [6.45, 7) is 4.66. The van der Waals surface area contributed by atoms with E-state index in [1.807, 2.05) is 0 Å². The SMILES string of the molecule is CC1(C)c2ccccc2-c2ccc(-c3nc(-c4ccc(-n5c6ccccc6c6cc7ccccc7cc65)c5ccccc45)nc4ccccc34)cc21. The van der Waals surface area contributed by atoms with E-state index in [-0.39, 0.29) is 5.41 Å². The summed E-state index contributed by atoms with van der Waals surface area (Å²) in [7, 11) is 0. The normalized spacial score (nSPS) is 13.3. The molecule has 0 bridgehead atoms. The van der Waals surface area contributed by atoms with Gasteiger partial charge in [0.1, 0.15) is 0 Å². The maximum atomic E-state index is 5.42. The van der Waals surface area contributed by atoms with Crippen LogP contribution in [0.25, 0.3) is 93.7 Å². The van der Waals surface area contributed by atoms with Gasteiger partial charge in [-0.2, -0.15) is 0 Å². The lowest BCUT2D eigenvalue weighted by Gasteiger charge is -2.22. The van der Waals surface area contributed by atoms with E-state index in [1.165, 1.54) is 54.8 Å². The fourth-order valence-electron chi connectivity index (χ4n) is 8.86. The Kier molecular flexibility index (Phi) is 6.01. The van der Waals surface area contributed by atoms with Crippen LogP contribution in [0, 0.1) is 0 Å². The number of benzene rings is 8. The van der Waals surface area contributed by atoms with Crippen LogP contribution in [0.5, 0.6) is 0 Å². The molecule has 0 atom stereocenters. The van der Waals surface area contributed by atoms with Crippen molar-refractivity contribution in [2.75, 3.05) is 0 Å². The summed E-state index contributed by atoms with van der Waals surface area (Å²) in [6, 6.07) is 59.3. The second-order valence-electron chi connectivity index (χ2n) is 14.6. The van der Waals surface area contributed by atoms with Crippen LogP contribution in [0.1, 0.15) is 25.0 Å². The first-order valence-electron chi connectivity index (χ1n) is 18.0. The molecular formula is C49H33N3. The predicted molar refractivity (Wildman–Crippen MR) is 217 cm³/mol. The van der Waals surface area contributed by atoms with E-state index in [9.17, 15) is 0 Å². The molecule has 0 fully saturated rings. The molecule has 0 spiro atoms. The van der Waals surface area contributed by atoms with E-state index in [2.05, 4.69) is 182 Å². The van der Waals surface area contributed by atoms with E-state index < -0.39 is 0 Å². The van der Waals surface area contributed by atoms with Crippen LogP contribution in [-0.4, -0.2) is 14.5 Å². The molecule has 3 nitrogen and oxygen atoms in total. The van der Waals surface area contributed by atoms with Crippen LogP contribution in [0.3, 0.4) is 0 Å². The van der Waals surface area contributed by atoms with Crippen molar-refractivity contribution in [2.24, 2.45) is 0 Å². The molecule has 0 amide bonds. The number of hydrogen-bond donors (Lipinski definition) is 0. The summed E-state index contributed by atoms with van der Waals surface area (Å²) in [5.74, 6) is 0.729. The fourth-order valence-corrected chi connectivity index (χ4v) is 8.86. The third-order valence-corrected chi connectivity index (χ3v) is 11.4. The monoisotopic (exact) mass is 663 g/mol. The van der Waals surface area contributed by atoms with E-state index in [1.54, 1.807) is 0 Å². The average molecular weight is 664 g/mol. The Morgan fingerprint density at radius 2 is 1.10 bits per heavy atom. The number of hydrogen-bond acceptors (Lipinski definition) is 2. The number of para-hydroxylation sites is 2. The number of rotatable bonds is 3. The third-order valence-electron chi connectivity index (χ3n) is 11.4. The van der Waals surface area contributed by atoms with Gasteiger partial charge >= 0.3 is 0 Å². The zero-order valence-corrected chi connectivity index (χ0v) is 28.9. The van der Waals surface area contributed by atoms with Gasteiger partial charge in [-0.25, -0.2) is 9.97 Å². The van der Waals surface area contributed by atoms with Gasteiger partial charge in [0.15, 0.2) is 5.82 Å². The molecule has 1 aliphatic rings. The molecule has 0 aliphatic heterocycles. The van der Waals surface area contributed by atoms with Crippen molar-refractivity contribution in [1.29, 1.82) is 0 Å². The maximum Gasteiger partial charge on any atom is 0.161 e. The van der Waals surface area contributed by atoms with E-state index in [0.717, 1.165) is 50.0 Å². The lowest BCUT2D eigenvalue weighted by Crippen LogP contribution is -2.15. The largest absolute Gasteiger partial charge is 0.309 e. The molecule has 0 N–H and O–H groups in total. The van der Waals surface area contributed by atoms with Crippen molar-refractivity contribution in [3.05, 3.63) is 175 Å². The van der Waals surface area contributed by atoms with Crippen molar-refractivity contribution < 1.29 is 0 Å². The predicted octanol–water partition coefficient (Wildman–Crippen LogP) is 12.7. The van der Waals surface area contributed by atoms with Gasteiger partial charge in [0, 0.05) is 38.1 Å². The Morgan fingerprint density at radius 1 is 0.442 bits per heavy atom. The summed E-state index contributed by atoms with van der Waals surface area (Å²) in [5, 5.41) is 8.32. The van der Waals surface area contributed by atoms with Gasteiger partial charge in [-0.1, -0.05) is 135 Å². The van der Waals surface area contributed by atoms with E-state index in [0.29, 0.717) is 0 Å². The van der Waals surface area contributed by atoms with Crippen LogP contribution < -0.4 is 0 Å². The molecule has 2 heterocycles.